The van der Waals surface area contributed by atoms with Crippen LogP contribution in [-0.2, 0) is 6.54 Å². The van der Waals surface area contributed by atoms with Gasteiger partial charge in [-0.05, 0) is 11.5 Å². The summed E-state index contributed by atoms with van der Waals surface area (Å²) >= 11 is 1.65. The fourth-order valence-corrected chi connectivity index (χ4v) is 2.32. The Morgan fingerprint density at radius 1 is 1.06 bits per heavy atom. The molecule has 2 aromatic heterocycles. The largest absolute Gasteiger partial charge is 0.363 e. The fraction of sp³-hybridized carbons (Fsp3) is 0.0769. The van der Waals surface area contributed by atoms with Gasteiger partial charge in [0.05, 0.1) is 6.54 Å². The van der Waals surface area contributed by atoms with E-state index < -0.39 is 0 Å². The molecule has 4 heteroatoms. The van der Waals surface area contributed by atoms with Gasteiger partial charge in [0.25, 0.3) is 0 Å². The summed E-state index contributed by atoms with van der Waals surface area (Å²) in [5.74, 6) is 0.915. The van der Waals surface area contributed by atoms with Crippen molar-refractivity contribution < 1.29 is 0 Å². The number of aromatic nitrogens is 2. The minimum absolute atomic E-state index is 0.721. The van der Waals surface area contributed by atoms with Crippen LogP contribution in [0.5, 0.6) is 0 Å². The van der Waals surface area contributed by atoms with Crippen molar-refractivity contribution in [2.45, 2.75) is 6.54 Å². The van der Waals surface area contributed by atoms with Crippen LogP contribution in [0.25, 0.3) is 10.8 Å². The van der Waals surface area contributed by atoms with Crippen molar-refractivity contribution in [3.8, 4) is 0 Å². The fourth-order valence-electron chi connectivity index (χ4n) is 1.76. The quantitative estimate of drug-likeness (QED) is 0.764. The Hall–Kier alpha value is -1.94. The van der Waals surface area contributed by atoms with Crippen molar-refractivity contribution in [3.63, 3.8) is 0 Å². The zero-order valence-electron chi connectivity index (χ0n) is 9.13. The van der Waals surface area contributed by atoms with Gasteiger partial charge in [0, 0.05) is 23.2 Å². The molecule has 2 heterocycles. The molecule has 0 amide bonds. The second kappa shape index (κ2) is 4.51. The van der Waals surface area contributed by atoms with Crippen molar-refractivity contribution in [2.24, 2.45) is 0 Å². The Kier molecular flexibility index (Phi) is 2.71. The van der Waals surface area contributed by atoms with Crippen molar-refractivity contribution in [1.82, 2.24) is 9.97 Å². The summed E-state index contributed by atoms with van der Waals surface area (Å²) in [5, 5.41) is 8.72. The smallest absolute Gasteiger partial charge is 0.134 e. The normalized spacial score (nSPS) is 10.6. The van der Waals surface area contributed by atoms with E-state index in [1.54, 1.807) is 11.3 Å². The highest BCUT2D eigenvalue weighted by molar-refractivity contribution is 7.09. The Morgan fingerprint density at radius 3 is 2.88 bits per heavy atom. The molecule has 0 aliphatic rings. The van der Waals surface area contributed by atoms with E-state index in [9.17, 15) is 0 Å². The number of anilines is 1. The predicted molar refractivity (Wildman–Crippen MR) is 71.2 cm³/mol. The molecule has 0 bridgehead atoms. The molecule has 17 heavy (non-hydrogen) atoms. The number of benzene rings is 1. The van der Waals surface area contributed by atoms with E-state index in [4.69, 9.17) is 0 Å². The van der Waals surface area contributed by atoms with Crippen molar-refractivity contribution >= 4 is 27.9 Å². The van der Waals surface area contributed by atoms with Crippen LogP contribution in [0.1, 0.15) is 5.01 Å². The molecule has 0 saturated heterocycles. The van der Waals surface area contributed by atoms with Gasteiger partial charge < -0.3 is 5.32 Å². The van der Waals surface area contributed by atoms with Gasteiger partial charge in [0.2, 0.25) is 0 Å². The molecule has 3 rings (SSSR count). The van der Waals surface area contributed by atoms with Gasteiger partial charge in [-0.25, -0.2) is 9.97 Å². The third-order valence-electron chi connectivity index (χ3n) is 2.56. The van der Waals surface area contributed by atoms with E-state index in [1.165, 1.54) is 5.39 Å². The van der Waals surface area contributed by atoms with Crippen molar-refractivity contribution in [1.29, 1.82) is 0 Å². The van der Waals surface area contributed by atoms with E-state index in [0.29, 0.717) is 0 Å². The molecule has 0 atom stereocenters. The maximum Gasteiger partial charge on any atom is 0.134 e. The molecule has 3 nitrogen and oxygen atoms in total. The monoisotopic (exact) mass is 241 g/mol. The SMILES string of the molecule is c1ccc2c(NCc3nccs3)nccc2c1. The van der Waals surface area contributed by atoms with Crippen LogP contribution in [0.2, 0.25) is 0 Å². The Labute approximate surface area is 103 Å². The lowest BCUT2D eigenvalue weighted by Crippen LogP contribution is -2.01. The van der Waals surface area contributed by atoms with Gasteiger partial charge in [-0.1, -0.05) is 24.3 Å². The maximum atomic E-state index is 4.37. The van der Waals surface area contributed by atoms with Crippen LogP contribution >= 0.6 is 11.3 Å². The molecular formula is C13H11N3S. The first-order valence-corrected chi connectivity index (χ1v) is 6.27. The van der Waals surface area contributed by atoms with Crippen LogP contribution < -0.4 is 5.32 Å². The van der Waals surface area contributed by atoms with E-state index in [1.807, 2.05) is 36.0 Å². The Morgan fingerprint density at radius 2 is 2.00 bits per heavy atom. The summed E-state index contributed by atoms with van der Waals surface area (Å²) in [7, 11) is 0. The summed E-state index contributed by atoms with van der Waals surface area (Å²) in [4.78, 5) is 8.61. The number of nitrogens with one attached hydrogen (secondary N) is 1. The van der Waals surface area contributed by atoms with Gasteiger partial charge in [-0.3, -0.25) is 0 Å². The second-order valence-corrected chi connectivity index (χ2v) is 4.64. The summed E-state index contributed by atoms with van der Waals surface area (Å²) in [6.07, 6.45) is 3.64. The van der Waals surface area contributed by atoms with Gasteiger partial charge >= 0.3 is 0 Å². The number of thiazole rings is 1. The number of rotatable bonds is 3. The first-order valence-electron chi connectivity index (χ1n) is 5.39. The van der Waals surface area contributed by atoms with Gasteiger partial charge in [0.15, 0.2) is 0 Å². The van der Waals surface area contributed by atoms with E-state index in [2.05, 4.69) is 27.4 Å². The highest BCUT2D eigenvalue weighted by Crippen LogP contribution is 2.21. The lowest BCUT2D eigenvalue weighted by molar-refractivity contribution is 1.08. The zero-order chi connectivity index (χ0) is 11.5. The second-order valence-electron chi connectivity index (χ2n) is 3.66. The van der Waals surface area contributed by atoms with Gasteiger partial charge in [-0.2, -0.15) is 0 Å². The van der Waals surface area contributed by atoms with Crippen LogP contribution in [0.3, 0.4) is 0 Å². The minimum atomic E-state index is 0.721. The standard InChI is InChI=1S/C13H11N3S/c1-2-4-11-10(3-1)5-6-15-13(11)16-9-12-14-7-8-17-12/h1-8H,9H2,(H,15,16). The zero-order valence-corrected chi connectivity index (χ0v) is 9.95. The van der Waals surface area contributed by atoms with Crippen LogP contribution in [0.4, 0.5) is 5.82 Å². The topological polar surface area (TPSA) is 37.8 Å². The Bertz CT molecular complexity index is 614. The molecule has 0 fully saturated rings. The van der Waals surface area contributed by atoms with Crippen LogP contribution in [-0.4, -0.2) is 9.97 Å². The third kappa shape index (κ3) is 2.12. The number of hydrogen-bond donors (Lipinski definition) is 1. The van der Waals surface area contributed by atoms with Crippen molar-refractivity contribution in [2.75, 3.05) is 5.32 Å². The van der Waals surface area contributed by atoms with Gasteiger partial charge in [0.1, 0.15) is 10.8 Å². The summed E-state index contributed by atoms with van der Waals surface area (Å²) in [5.41, 5.74) is 0. The highest BCUT2D eigenvalue weighted by Gasteiger charge is 2.01. The molecule has 0 spiro atoms. The lowest BCUT2D eigenvalue weighted by atomic mass is 10.1. The van der Waals surface area contributed by atoms with E-state index in [0.717, 1.165) is 22.8 Å². The molecule has 1 N–H and O–H groups in total. The van der Waals surface area contributed by atoms with E-state index in [-0.39, 0.29) is 0 Å². The number of fused-ring (bicyclic) bond motifs is 1. The number of hydrogen-bond acceptors (Lipinski definition) is 4. The third-order valence-corrected chi connectivity index (χ3v) is 3.34. The highest BCUT2D eigenvalue weighted by atomic mass is 32.1. The first-order chi connectivity index (χ1) is 8.43. The van der Waals surface area contributed by atoms with Crippen LogP contribution in [0, 0.1) is 0 Å². The molecule has 0 saturated carbocycles. The molecule has 0 unspecified atom stereocenters. The Balaban J connectivity index is 1.90. The van der Waals surface area contributed by atoms with Crippen molar-refractivity contribution in [3.05, 3.63) is 53.1 Å². The predicted octanol–water partition coefficient (Wildman–Crippen LogP) is 3.30. The minimum Gasteiger partial charge on any atom is -0.363 e. The van der Waals surface area contributed by atoms with Gasteiger partial charge in [-0.15, -0.1) is 11.3 Å². The average molecular weight is 241 g/mol. The van der Waals surface area contributed by atoms with Crippen LogP contribution in [0.15, 0.2) is 48.1 Å². The average Bonchev–Trinajstić information content (AvgIpc) is 2.89. The summed E-state index contributed by atoms with van der Waals surface area (Å²) in [6.45, 7) is 0.721. The number of nitrogens with zero attached hydrogens (tertiary/aromatic N) is 2. The number of pyridine rings is 1. The van der Waals surface area contributed by atoms with E-state index >= 15 is 0 Å². The first kappa shape index (κ1) is 10.2. The molecule has 0 radical (unpaired) electrons. The molecule has 3 aromatic rings. The molecule has 84 valence electrons. The summed E-state index contributed by atoms with van der Waals surface area (Å²) in [6, 6.07) is 10.2. The molecular weight excluding hydrogens is 230 g/mol. The molecule has 1 aromatic carbocycles. The maximum absolute atomic E-state index is 4.37. The summed E-state index contributed by atoms with van der Waals surface area (Å²) < 4.78 is 0. The lowest BCUT2D eigenvalue weighted by Gasteiger charge is -2.06. The molecule has 0 aliphatic heterocycles. The molecule has 0 aliphatic carbocycles.